The van der Waals surface area contributed by atoms with E-state index in [2.05, 4.69) is 12.5 Å². The molecule has 0 spiro atoms. The van der Waals surface area contributed by atoms with Crippen molar-refractivity contribution in [2.75, 3.05) is 0 Å². The van der Waals surface area contributed by atoms with Crippen LogP contribution >= 0.6 is 7.82 Å². The molecular weight excluding hydrogens is 161 g/mol. The summed E-state index contributed by atoms with van der Waals surface area (Å²) >= 11 is 0. The first-order valence-corrected chi connectivity index (χ1v) is 2.43. The van der Waals surface area contributed by atoms with Crippen molar-refractivity contribution in [2.45, 2.75) is 0 Å². The molecule has 0 unspecified atom stereocenters. The van der Waals surface area contributed by atoms with Gasteiger partial charge >= 0.3 is 17.1 Å². The largest absolute Gasteiger partial charge is 2.00 e. The number of hydrogen-bond acceptors (Lipinski definition) is 4. The van der Waals surface area contributed by atoms with Gasteiger partial charge in [0.2, 0.25) is 0 Å². The van der Waals surface area contributed by atoms with Crippen LogP contribution in [-0.4, -0.2) is 8.05 Å². The van der Waals surface area contributed by atoms with Gasteiger partial charge in [0, 0.05) is 7.82 Å². The summed E-state index contributed by atoms with van der Waals surface area (Å²) in [6.07, 6.45) is 0. The molecule has 0 aliphatic heterocycles. The topological polar surface area (TPSA) is 72.4 Å². The van der Waals surface area contributed by atoms with Crippen LogP contribution in [0.25, 0.3) is 0 Å². The fourth-order valence-corrected chi connectivity index (χ4v) is 0. The van der Waals surface area contributed by atoms with Crippen molar-refractivity contribution in [3.05, 3.63) is 0 Å². The first-order chi connectivity index (χ1) is 2.56. The summed E-state index contributed by atoms with van der Waals surface area (Å²) in [4.78, 5) is 18.2. The van der Waals surface area contributed by atoms with Crippen LogP contribution < -0.4 is 9.79 Å². The molecule has 0 saturated carbocycles. The summed E-state index contributed by atoms with van der Waals surface area (Å²) in [5, 5.41) is 0. The van der Waals surface area contributed by atoms with Gasteiger partial charge in [-0.25, -0.2) is 0 Å². The Balaban J connectivity index is 0. The van der Waals surface area contributed by atoms with E-state index in [0.29, 0.717) is 0 Å². The Morgan fingerprint density at radius 3 is 1.71 bits per heavy atom. The van der Waals surface area contributed by atoms with Crippen molar-refractivity contribution < 1.29 is 35.9 Å². The maximum absolute atomic E-state index is 9.12. The number of rotatable bonds is 1. The summed E-state index contributed by atoms with van der Waals surface area (Å²) < 4.78 is 12.0. The van der Waals surface area contributed by atoms with E-state index in [1.807, 2.05) is 0 Å². The van der Waals surface area contributed by atoms with Crippen molar-refractivity contribution in [3.8, 4) is 0 Å². The molecule has 0 aliphatic rings. The Morgan fingerprint density at radius 1 is 1.57 bits per heavy atom. The molecule has 7 heavy (non-hydrogen) atoms. The van der Waals surface area contributed by atoms with E-state index in [1.54, 1.807) is 0 Å². The minimum absolute atomic E-state index is 0. The van der Waals surface area contributed by atoms with Gasteiger partial charge in [0.1, 0.15) is 0 Å². The van der Waals surface area contributed by atoms with E-state index in [9.17, 15) is 0 Å². The van der Waals surface area contributed by atoms with Gasteiger partial charge in [-0.1, -0.05) is 0 Å². The van der Waals surface area contributed by atoms with Crippen LogP contribution in [0.3, 0.4) is 0 Å². The van der Waals surface area contributed by atoms with E-state index < -0.39 is 7.82 Å². The molecule has 0 aromatic heterocycles. The van der Waals surface area contributed by atoms with Gasteiger partial charge in [-0.15, -0.1) is 0 Å². The fourth-order valence-electron chi connectivity index (χ4n) is 0. The van der Waals surface area contributed by atoms with Gasteiger partial charge in [0.15, 0.2) is 0 Å². The molecular formula is BMnO4P. The second-order valence-corrected chi connectivity index (χ2v) is 1.66. The summed E-state index contributed by atoms with van der Waals surface area (Å²) in [6.45, 7) is 0. The van der Waals surface area contributed by atoms with Crippen molar-refractivity contribution in [1.82, 2.24) is 0 Å². The third-order valence-electron chi connectivity index (χ3n) is 0.129. The van der Waals surface area contributed by atoms with E-state index in [1.165, 1.54) is 0 Å². The normalized spacial score (nSPS) is 10.0. The van der Waals surface area contributed by atoms with E-state index in [-0.39, 0.29) is 17.1 Å². The monoisotopic (exact) mass is 161 g/mol. The maximum Gasteiger partial charge on any atom is 2.00 e. The Kier molecular flexibility index (Phi) is 5.57. The minimum atomic E-state index is -4.87. The van der Waals surface area contributed by atoms with Crippen molar-refractivity contribution in [3.63, 3.8) is 0 Å². The van der Waals surface area contributed by atoms with Crippen LogP contribution in [0.2, 0.25) is 0 Å². The van der Waals surface area contributed by atoms with E-state index in [4.69, 9.17) is 14.4 Å². The van der Waals surface area contributed by atoms with Crippen LogP contribution in [0.15, 0.2) is 0 Å². The quantitative estimate of drug-likeness (QED) is 0.326. The molecule has 0 aromatic rings. The Bertz CT molecular complexity index is 75.8. The molecule has 0 bridgehead atoms. The molecule has 0 aliphatic carbocycles. The smallest absolute Gasteiger partial charge is 0.791 e. The molecule has 3 radical (unpaired) electrons. The molecule has 0 atom stereocenters. The Morgan fingerprint density at radius 2 is 1.71 bits per heavy atom. The zero-order valence-electron chi connectivity index (χ0n) is 3.04. The zero-order valence-corrected chi connectivity index (χ0v) is 5.11. The molecule has 7 heteroatoms. The van der Waals surface area contributed by atoms with Gasteiger partial charge in [0.05, 0.1) is 0 Å². The first kappa shape index (κ1) is 10.6. The third kappa shape index (κ3) is 10.8. The van der Waals surface area contributed by atoms with Crippen LogP contribution in [0, 0.1) is 0 Å². The SMILES string of the molecule is [B]OP(=O)([O-])[O-].[Mn+2]. The van der Waals surface area contributed by atoms with Gasteiger partial charge in [-0.2, -0.15) is 0 Å². The first-order valence-electron chi connectivity index (χ1n) is 0.966. The second-order valence-electron chi connectivity index (χ2n) is 0.553. The zero-order chi connectivity index (χ0) is 5.21. The molecule has 0 aromatic carbocycles. The molecule has 0 N–H and O–H groups in total. The summed E-state index contributed by atoms with van der Waals surface area (Å²) in [6, 6.07) is 0. The van der Waals surface area contributed by atoms with Gasteiger partial charge < -0.3 is 18.8 Å². The molecule has 0 rings (SSSR count). The summed E-state index contributed by atoms with van der Waals surface area (Å²) in [5.74, 6) is 0. The number of hydrogen-bond donors (Lipinski definition) is 0. The summed E-state index contributed by atoms with van der Waals surface area (Å²) in [5.41, 5.74) is 0. The second kappa shape index (κ2) is 3.67. The Hall–Kier alpha value is 0.694. The predicted octanol–water partition coefficient (Wildman–Crippen LogP) is -2.09. The molecule has 0 heterocycles. The minimum Gasteiger partial charge on any atom is -0.791 e. The number of phosphoric acid groups is 1. The average Bonchev–Trinajstić information content (AvgIpc) is 1.35. The van der Waals surface area contributed by atoms with Crippen molar-refractivity contribution >= 4 is 15.9 Å². The molecule has 0 amide bonds. The van der Waals surface area contributed by atoms with Gasteiger partial charge in [0.25, 0.3) is 8.05 Å². The molecule has 39 valence electrons. The van der Waals surface area contributed by atoms with Crippen molar-refractivity contribution in [1.29, 1.82) is 0 Å². The van der Waals surface area contributed by atoms with Crippen LogP contribution in [-0.2, 0) is 26.1 Å². The van der Waals surface area contributed by atoms with E-state index >= 15 is 0 Å². The van der Waals surface area contributed by atoms with Gasteiger partial charge in [-0.05, 0) is 0 Å². The van der Waals surface area contributed by atoms with Crippen molar-refractivity contribution in [2.24, 2.45) is 0 Å². The van der Waals surface area contributed by atoms with Crippen LogP contribution in [0.1, 0.15) is 0 Å². The fraction of sp³-hybridized carbons (Fsp3) is 0. The maximum atomic E-state index is 9.12. The molecule has 0 saturated heterocycles. The molecule has 0 fully saturated rings. The van der Waals surface area contributed by atoms with E-state index in [0.717, 1.165) is 0 Å². The third-order valence-corrected chi connectivity index (χ3v) is 0.387. The van der Waals surface area contributed by atoms with Crippen LogP contribution in [0.5, 0.6) is 0 Å². The molecule has 4 nitrogen and oxygen atoms in total. The Labute approximate surface area is 52.4 Å². The summed E-state index contributed by atoms with van der Waals surface area (Å²) in [7, 11) is -0.951. The standard InChI is InChI=1S/BH2O4P.Mn/c1-5-6(2,3)4;/h(H2,2,3,4);/q;+2/p-2. The predicted molar refractivity (Wildman–Crippen MR) is 14.4 cm³/mol. The van der Waals surface area contributed by atoms with Gasteiger partial charge in [-0.3, -0.25) is 0 Å². The average molecular weight is 161 g/mol. The van der Waals surface area contributed by atoms with Crippen LogP contribution in [0.4, 0.5) is 0 Å².